The van der Waals surface area contributed by atoms with Crippen LogP contribution >= 0.6 is 0 Å². The zero-order valence-corrected chi connectivity index (χ0v) is 11.7. The number of carbonyl (C=O) groups excluding carboxylic acids is 1. The molecule has 2 aliphatic rings. The molecule has 0 saturated carbocycles. The Hall–Kier alpha value is -1.75. The maximum absolute atomic E-state index is 11.6. The maximum Gasteiger partial charge on any atom is 0.321 e. The van der Waals surface area contributed by atoms with Crippen LogP contribution in [0.3, 0.4) is 0 Å². The lowest BCUT2D eigenvalue weighted by Crippen LogP contribution is -2.33. The van der Waals surface area contributed by atoms with Gasteiger partial charge in [-0.15, -0.1) is 0 Å². The molecular formula is C15H22N4O. The minimum atomic E-state index is -0.000936. The van der Waals surface area contributed by atoms with Crippen molar-refractivity contribution in [1.82, 2.24) is 10.6 Å². The summed E-state index contributed by atoms with van der Waals surface area (Å²) in [7, 11) is 0. The van der Waals surface area contributed by atoms with Crippen LogP contribution in [0.4, 0.5) is 16.2 Å². The first kappa shape index (κ1) is 13.2. The van der Waals surface area contributed by atoms with E-state index in [1.54, 1.807) is 4.90 Å². The SMILES string of the molecule is O=C1NCCN1c1ccc(NCC2CCCNC2)cc1. The van der Waals surface area contributed by atoms with Crippen molar-refractivity contribution < 1.29 is 4.79 Å². The van der Waals surface area contributed by atoms with E-state index in [4.69, 9.17) is 0 Å². The van der Waals surface area contributed by atoms with E-state index in [1.165, 1.54) is 12.8 Å². The number of hydrogen-bond acceptors (Lipinski definition) is 3. The highest BCUT2D eigenvalue weighted by Gasteiger charge is 2.20. The maximum atomic E-state index is 11.6. The van der Waals surface area contributed by atoms with Gasteiger partial charge < -0.3 is 16.0 Å². The summed E-state index contributed by atoms with van der Waals surface area (Å²) in [6.07, 6.45) is 2.57. The molecule has 1 atom stereocenters. The highest BCUT2D eigenvalue weighted by atomic mass is 16.2. The van der Waals surface area contributed by atoms with E-state index in [0.717, 1.165) is 44.1 Å². The number of amides is 2. The molecule has 0 aromatic heterocycles. The zero-order chi connectivity index (χ0) is 13.8. The van der Waals surface area contributed by atoms with Crippen LogP contribution in [-0.4, -0.2) is 38.8 Å². The lowest BCUT2D eigenvalue weighted by molar-refractivity contribution is 0.252. The summed E-state index contributed by atoms with van der Waals surface area (Å²) in [5, 5.41) is 9.73. The first-order valence-electron chi connectivity index (χ1n) is 7.43. The highest BCUT2D eigenvalue weighted by Crippen LogP contribution is 2.20. The average molecular weight is 274 g/mol. The molecule has 2 amide bonds. The van der Waals surface area contributed by atoms with Gasteiger partial charge in [0.15, 0.2) is 0 Å². The molecule has 0 bridgehead atoms. The predicted octanol–water partition coefficient (Wildman–Crippen LogP) is 1.63. The molecule has 3 N–H and O–H groups in total. The van der Waals surface area contributed by atoms with Crippen LogP contribution in [0.1, 0.15) is 12.8 Å². The molecule has 0 aliphatic carbocycles. The Labute approximate surface area is 119 Å². The van der Waals surface area contributed by atoms with Crippen LogP contribution in [0.25, 0.3) is 0 Å². The summed E-state index contributed by atoms with van der Waals surface area (Å²) in [6.45, 7) is 4.76. The van der Waals surface area contributed by atoms with Gasteiger partial charge in [-0.1, -0.05) is 0 Å². The summed E-state index contributed by atoms with van der Waals surface area (Å²) in [6, 6.07) is 8.12. The van der Waals surface area contributed by atoms with Crippen molar-refractivity contribution in [2.24, 2.45) is 5.92 Å². The highest BCUT2D eigenvalue weighted by molar-refractivity contribution is 5.94. The van der Waals surface area contributed by atoms with Crippen molar-refractivity contribution in [3.8, 4) is 0 Å². The third-order valence-corrected chi connectivity index (χ3v) is 4.03. The largest absolute Gasteiger partial charge is 0.385 e. The molecule has 2 aliphatic heterocycles. The van der Waals surface area contributed by atoms with Crippen LogP contribution in [0.2, 0.25) is 0 Å². The minimum absolute atomic E-state index is 0.000936. The lowest BCUT2D eigenvalue weighted by Gasteiger charge is -2.23. The Kier molecular flexibility index (Phi) is 4.06. The summed E-state index contributed by atoms with van der Waals surface area (Å²) in [5.41, 5.74) is 2.09. The van der Waals surface area contributed by atoms with Crippen molar-refractivity contribution in [3.05, 3.63) is 24.3 Å². The Morgan fingerprint density at radius 1 is 1.25 bits per heavy atom. The van der Waals surface area contributed by atoms with Crippen molar-refractivity contribution in [1.29, 1.82) is 0 Å². The van der Waals surface area contributed by atoms with Crippen molar-refractivity contribution in [3.63, 3.8) is 0 Å². The monoisotopic (exact) mass is 274 g/mol. The second-order valence-electron chi connectivity index (χ2n) is 5.52. The molecule has 2 heterocycles. The van der Waals surface area contributed by atoms with Gasteiger partial charge in [0.1, 0.15) is 0 Å². The molecule has 2 fully saturated rings. The molecule has 108 valence electrons. The van der Waals surface area contributed by atoms with Crippen molar-refractivity contribution in [2.45, 2.75) is 12.8 Å². The quantitative estimate of drug-likeness (QED) is 0.782. The number of anilines is 2. The summed E-state index contributed by atoms with van der Waals surface area (Å²) in [4.78, 5) is 13.4. The van der Waals surface area contributed by atoms with Crippen LogP contribution in [0.5, 0.6) is 0 Å². The van der Waals surface area contributed by atoms with E-state index in [9.17, 15) is 4.79 Å². The molecule has 5 nitrogen and oxygen atoms in total. The molecule has 0 radical (unpaired) electrons. The third kappa shape index (κ3) is 3.04. The number of carbonyl (C=O) groups is 1. The van der Waals surface area contributed by atoms with E-state index < -0.39 is 0 Å². The second kappa shape index (κ2) is 6.13. The van der Waals surface area contributed by atoms with Gasteiger partial charge in [0.25, 0.3) is 0 Å². The summed E-state index contributed by atoms with van der Waals surface area (Å²) < 4.78 is 0. The molecular weight excluding hydrogens is 252 g/mol. The van der Waals surface area contributed by atoms with E-state index in [0.29, 0.717) is 5.92 Å². The van der Waals surface area contributed by atoms with Crippen LogP contribution < -0.4 is 20.9 Å². The van der Waals surface area contributed by atoms with E-state index >= 15 is 0 Å². The first-order valence-corrected chi connectivity index (χ1v) is 7.43. The van der Waals surface area contributed by atoms with E-state index in [-0.39, 0.29) is 6.03 Å². The molecule has 5 heteroatoms. The van der Waals surface area contributed by atoms with Crippen molar-refractivity contribution >= 4 is 17.4 Å². The van der Waals surface area contributed by atoms with E-state index in [2.05, 4.69) is 28.1 Å². The summed E-state index contributed by atoms with van der Waals surface area (Å²) in [5.74, 6) is 0.716. The number of rotatable bonds is 4. The Balaban J connectivity index is 1.54. The van der Waals surface area contributed by atoms with Gasteiger partial charge in [0, 0.05) is 31.0 Å². The predicted molar refractivity (Wildman–Crippen MR) is 81.3 cm³/mol. The minimum Gasteiger partial charge on any atom is -0.385 e. The average Bonchev–Trinajstić information content (AvgIpc) is 2.93. The van der Waals surface area contributed by atoms with Crippen LogP contribution in [0.15, 0.2) is 24.3 Å². The van der Waals surface area contributed by atoms with Gasteiger partial charge in [-0.05, 0) is 56.1 Å². The normalized spacial score (nSPS) is 22.7. The van der Waals surface area contributed by atoms with Crippen LogP contribution in [0, 0.1) is 5.92 Å². The number of nitrogens with zero attached hydrogens (tertiary/aromatic N) is 1. The number of urea groups is 1. The van der Waals surface area contributed by atoms with Gasteiger partial charge in [0.05, 0.1) is 0 Å². The molecule has 1 aromatic rings. The standard InChI is InChI=1S/C15H22N4O/c20-15-17-8-9-19(15)14-5-3-13(4-6-14)18-11-12-2-1-7-16-10-12/h3-6,12,16,18H,1-2,7-11H2,(H,17,20). The first-order chi connectivity index (χ1) is 9.83. The zero-order valence-electron chi connectivity index (χ0n) is 11.7. The van der Waals surface area contributed by atoms with Gasteiger partial charge in [-0.25, -0.2) is 4.79 Å². The van der Waals surface area contributed by atoms with Crippen LogP contribution in [-0.2, 0) is 0 Å². The number of piperidine rings is 1. The Bertz CT molecular complexity index is 453. The lowest BCUT2D eigenvalue weighted by atomic mass is 10.00. The molecule has 0 spiro atoms. The van der Waals surface area contributed by atoms with E-state index in [1.807, 2.05) is 12.1 Å². The Morgan fingerprint density at radius 2 is 2.10 bits per heavy atom. The van der Waals surface area contributed by atoms with Gasteiger partial charge in [-0.3, -0.25) is 4.90 Å². The topological polar surface area (TPSA) is 56.4 Å². The van der Waals surface area contributed by atoms with Gasteiger partial charge in [-0.2, -0.15) is 0 Å². The van der Waals surface area contributed by atoms with Crippen molar-refractivity contribution in [2.75, 3.05) is 42.9 Å². The fourth-order valence-electron chi connectivity index (χ4n) is 2.84. The molecule has 2 saturated heterocycles. The van der Waals surface area contributed by atoms with Gasteiger partial charge in [0.2, 0.25) is 0 Å². The van der Waals surface area contributed by atoms with Gasteiger partial charge >= 0.3 is 6.03 Å². The molecule has 3 rings (SSSR count). The second-order valence-corrected chi connectivity index (χ2v) is 5.52. The fraction of sp³-hybridized carbons (Fsp3) is 0.533. The molecule has 20 heavy (non-hydrogen) atoms. The number of nitrogens with one attached hydrogen (secondary N) is 3. The summed E-state index contributed by atoms with van der Waals surface area (Å²) >= 11 is 0. The number of hydrogen-bond donors (Lipinski definition) is 3. The fourth-order valence-corrected chi connectivity index (χ4v) is 2.84. The smallest absolute Gasteiger partial charge is 0.321 e. The molecule has 1 unspecified atom stereocenters. The number of benzene rings is 1. The third-order valence-electron chi connectivity index (χ3n) is 4.03. The molecule has 1 aromatic carbocycles. The Morgan fingerprint density at radius 3 is 2.75 bits per heavy atom.